The third kappa shape index (κ3) is 4.68. The fourth-order valence-corrected chi connectivity index (χ4v) is 2.00. The highest BCUT2D eigenvalue weighted by molar-refractivity contribution is 5.81. The van der Waals surface area contributed by atoms with Crippen molar-refractivity contribution in [2.24, 2.45) is 0 Å². The van der Waals surface area contributed by atoms with Crippen LogP contribution in [0.25, 0.3) is 0 Å². The monoisotopic (exact) mass is 273 g/mol. The quantitative estimate of drug-likeness (QED) is 0.663. The number of amides is 3. The molecule has 0 saturated carbocycles. The van der Waals surface area contributed by atoms with Crippen molar-refractivity contribution in [3.63, 3.8) is 0 Å². The van der Waals surface area contributed by atoms with Gasteiger partial charge in [0, 0.05) is 33.2 Å². The molecule has 0 bridgehead atoms. The van der Waals surface area contributed by atoms with Crippen molar-refractivity contribution in [3.8, 4) is 0 Å². The Morgan fingerprint density at radius 2 is 2.05 bits per heavy atom. The highest BCUT2D eigenvalue weighted by Gasteiger charge is 2.31. The van der Waals surface area contributed by atoms with Gasteiger partial charge in [-0.2, -0.15) is 0 Å². The second-order valence-electron chi connectivity index (χ2n) is 4.80. The number of ether oxygens (including phenoxy) is 2. The number of carbonyl (C=O) groups excluding carboxylic acids is 2. The van der Waals surface area contributed by atoms with Gasteiger partial charge in [0.1, 0.15) is 0 Å². The van der Waals surface area contributed by atoms with E-state index in [1.165, 1.54) is 14.2 Å². The Bertz CT molecular complexity index is 318. The number of hydrogen-bond donors (Lipinski definition) is 2. The van der Waals surface area contributed by atoms with Crippen LogP contribution in [0.3, 0.4) is 0 Å². The minimum Gasteiger partial charge on any atom is -0.354 e. The number of likely N-dealkylation sites (tertiary alicyclic amines) is 1. The van der Waals surface area contributed by atoms with Crippen molar-refractivity contribution in [1.29, 1.82) is 0 Å². The summed E-state index contributed by atoms with van der Waals surface area (Å²) in [6.07, 6.45) is -0.119. The third-order valence-corrected chi connectivity index (χ3v) is 3.07. The fourth-order valence-electron chi connectivity index (χ4n) is 2.00. The lowest BCUT2D eigenvalue weighted by Gasteiger charge is -2.21. The van der Waals surface area contributed by atoms with Crippen molar-refractivity contribution in [1.82, 2.24) is 15.5 Å². The van der Waals surface area contributed by atoms with Gasteiger partial charge in [0.05, 0.1) is 12.6 Å². The molecule has 7 nitrogen and oxygen atoms in total. The number of urea groups is 1. The first-order chi connectivity index (χ1) is 8.97. The van der Waals surface area contributed by atoms with Crippen molar-refractivity contribution in [2.75, 3.05) is 27.3 Å². The smallest absolute Gasteiger partial charge is 0.315 e. The molecule has 0 aromatic rings. The van der Waals surface area contributed by atoms with Crippen LogP contribution < -0.4 is 10.6 Å². The van der Waals surface area contributed by atoms with Crippen molar-refractivity contribution in [2.45, 2.75) is 38.6 Å². The van der Waals surface area contributed by atoms with E-state index in [9.17, 15) is 9.59 Å². The maximum absolute atomic E-state index is 11.7. The Kier molecular flexibility index (Phi) is 6.04. The zero-order valence-corrected chi connectivity index (χ0v) is 11.9. The fraction of sp³-hybridized carbons (Fsp3) is 0.833. The van der Waals surface area contributed by atoms with Gasteiger partial charge in [-0.25, -0.2) is 4.79 Å². The molecule has 0 radical (unpaired) electrons. The summed E-state index contributed by atoms with van der Waals surface area (Å²) >= 11 is 0. The van der Waals surface area contributed by atoms with Crippen molar-refractivity contribution >= 4 is 11.9 Å². The van der Waals surface area contributed by atoms with Gasteiger partial charge in [-0.05, 0) is 13.8 Å². The van der Waals surface area contributed by atoms with Gasteiger partial charge in [-0.3, -0.25) is 4.79 Å². The molecule has 1 saturated heterocycles. The molecule has 0 aliphatic carbocycles. The number of nitrogens with one attached hydrogen (secondary N) is 2. The minimum atomic E-state index is -0.469. The maximum atomic E-state index is 11.7. The summed E-state index contributed by atoms with van der Waals surface area (Å²) in [6.45, 7) is 4.74. The lowest BCUT2D eigenvalue weighted by Crippen LogP contribution is -2.46. The lowest BCUT2D eigenvalue weighted by atomic mass is 10.2. The molecule has 2 N–H and O–H groups in total. The normalized spacial score (nSPS) is 19.4. The highest BCUT2D eigenvalue weighted by Crippen LogP contribution is 2.13. The van der Waals surface area contributed by atoms with Gasteiger partial charge >= 0.3 is 6.03 Å². The molecule has 1 unspecified atom stereocenters. The van der Waals surface area contributed by atoms with E-state index in [1.807, 2.05) is 13.8 Å². The van der Waals surface area contributed by atoms with Crippen LogP contribution in [0.4, 0.5) is 4.79 Å². The summed E-state index contributed by atoms with van der Waals surface area (Å²) in [4.78, 5) is 25.1. The van der Waals surface area contributed by atoms with Gasteiger partial charge in [0.25, 0.3) is 0 Å². The van der Waals surface area contributed by atoms with Crippen LogP contribution in [-0.2, 0) is 14.3 Å². The van der Waals surface area contributed by atoms with Crippen LogP contribution in [0.5, 0.6) is 0 Å². The van der Waals surface area contributed by atoms with E-state index >= 15 is 0 Å². The largest absolute Gasteiger partial charge is 0.354 e. The first-order valence-electron chi connectivity index (χ1n) is 6.37. The standard InChI is InChI=1S/C12H23N3O4/c1-8(2)15-7-9(5-10(15)16)14-12(17)13-6-11(18-3)19-4/h8-9,11H,5-7H2,1-4H3,(H2,13,14,17). The zero-order valence-electron chi connectivity index (χ0n) is 11.9. The Balaban J connectivity index is 2.32. The van der Waals surface area contributed by atoms with E-state index in [0.717, 1.165) is 0 Å². The molecule has 0 aromatic heterocycles. The molecule has 1 heterocycles. The van der Waals surface area contributed by atoms with Crippen molar-refractivity contribution < 1.29 is 19.1 Å². The van der Waals surface area contributed by atoms with Gasteiger partial charge < -0.3 is 25.0 Å². The molecule has 1 fully saturated rings. The Morgan fingerprint density at radius 1 is 1.42 bits per heavy atom. The van der Waals surface area contributed by atoms with Crippen LogP contribution in [0.1, 0.15) is 20.3 Å². The number of carbonyl (C=O) groups is 2. The Hall–Kier alpha value is -1.34. The molecule has 110 valence electrons. The van der Waals surface area contributed by atoms with Crippen molar-refractivity contribution in [3.05, 3.63) is 0 Å². The average molecular weight is 273 g/mol. The number of nitrogens with zero attached hydrogens (tertiary/aromatic N) is 1. The third-order valence-electron chi connectivity index (χ3n) is 3.07. The Morgan fingerprint density at radius 3 is 2.53 bits per heavy atom. The van der Waals surface area contributed by atoms with Crippen LogP contribution in [-0.4, -0.2) is 62.5 Å². The molecule has 1 atom stereocenters. The Labute approximate surface area is 113 Å². The van der Waals surface area contributed by atoms with Crippen LogP contribution in [0, 0.1) is 0 Å². The summed E-state index contributed by atoms with van der Waals surface area (Å²) in [6, 6.07) is -0.297. The van der Waals surface area contributed by atoms with Gasteiger partial charge in [0.2, 0.25) is 5.91 Å². The number of hydrogen-bond acceptors (Lipinski definition) is 4. The molecule has 0 spiro atoms. The van der Waals surface area contributed by atoms with E-state index in [1.54, 1.807) is 4.90 Å². The zero-order chi connectivity index (χ0) is 14.4. The molecular formula is C12H23N3O4. The van der Waals surface area contributed by atoms with Gasteiger partial charge in [0.15, 0.2) is 6.29 Å². The van der Waals surface area contributed by atoms with Crippen LogP contribution >= 0.6 is 0 Å². The number of methoxy groups -OCH3 is 2. The molecule has 1 aliphatic heterocycles. The summed E-state index contributed by atoms with van der Waals surface area (Å²) in [7, 11) is 3.01. The van der Waals surface area contributed by atoms with E-state index in [2.05, 4.69) is 10.6 Å². The van der Waals surface area contributed by atoms with E-state index in [4.69, 9.17) is 9.47 Å². The highest BCUT2D eigenvalue weighted by atomic mass is 16.7. The summed E-state index contributed by atoms with van der Waals surface area (Å²) in [5, 5.41) is 5.41. The topological polar surface area (TPSA) is 79.9 Å². The lowest BCUT2D eigenvalue weighted by molar-refractivity contribution is -0.129. The second kappa shape index (κ2) is 7.30. The minimum absolute atomic E-state index is 0.0759. The molecule has 7 heteroatoms. The summed E-state index contributed by atoms with van der Waals surface area (Å²) in [5.41, 5.74) is 0. The first-order valence-corrected chi connectivity index (χ1v) is 6.37. The molecule has 1 rings (SSSR count). The molecule has 3 amide bonds. The van der Waals surface area contributed by atoms with Crippen LogP contribution in [0.2, 0.25) is 0 Å². The molecule has 1 aliphatic rings. The maximum Gasteiger partial charge on any atom is 0.315 e. The second-order valence-corrected chi connectivity index (χ2v) is 4.80. The first kappa shape index (κ1) is 15.7. The van der Waals surface area contributed by atoms with Gasteiger partial charge in [-0.15, -0.1) is 0 Å². The van der Waals surface area contributed by atoms with E-state index in [-0.39, 0.29) is 30.6 Å². The SMILES string of the molecule is COC(CNC(=O)NC1CC(=O)N(C(C)C)C1)OC. The predicted octanol–water partition coefficient (Wildman–Crippen LogP) is -0.0862. The molecule has 19 heavy (non-hydrogen) atoms. The van der Waals surface area contributed by atoms with Crippen LogP contribution in [0.15, 0.2) is 0 Å². The molecular weight excluding hydrogens is 250 g/mol. The summed E-state index contributed by atoms with van der Waals surface area (Å²) in [5.74, 6) is 0.0759. The van der Waals surface area contributed by atoms with E-state index < -0.39 is 6.29 Å². The predicted molar refractivity (Wildman–Crippen MR) is 69.6 cm³/mol. The summed E-state index contributed by atoms with van der Waals surface area (Å²) < 4.78 is 9.92. The molecule has 0 aromatic carbocycles. The average Bonchev–Trinajstić information content (AvgIpc) is 2.71. The van der Waals surface area contributed by atoms with E-state index in [0.29, 0.717) is 13.0 Å². The van der Waals surface area contributed by atoms with Gasteiger partial charge in [-0.1, -0.05) is 0 Å². The number of rotatable bonds is 6.